The zero-order valence-electron chi connectivity index (χ0n) is 22.1. The van der Waals surface area contributed by atoms with Crippen LogP contribution in [0.25, 0.3) is 11.3 Å². The number of amides is 1. The van der Waals surface area contributed by atoms with Gasteiger partial charge in [0.15, 0.2) is 0 Å². The highest BCUT2D eigenvalue weighted by Crippen LogP contribution is 2.27. The van der Waals surface area contributed by atoms with E-state index in [1.807, 2.05) is 13.2 Å². The maximum atomic E-state index is 13.6. The van der Waals surface area contributed by atoms with E-state index in [0.29, 0.717) is 29.4 Å². The molecule has 11 nitrogen and oxygen atoms in total. The Morgan fingerprint density at radius 1 is 1.05 bits per heavy atom. The van der Waals surface area contributed by atoms with E-state index in [-0.39, 0.29) is 16.3 Å². The highest BCUT2D eigenvalue weighted by molar-refractivity contribution is 7.98. The number of benzene rings is 3. The highest BCUT2D eigenvalue weighted by atomic mass is 32.2. The summed E-state index contributed by atoms with van der Waals surface area (Å²) in [7, 11) is -4.10. The quantitative estimate of drug-likeness (QED) is 0.100. The number of ether oxygens (including phenoxy) is 1. The van der Waals surface area contributed by atoms with E-state index in [2.05, 4.69) is 10.5 Å². The SMILES string of the molecule is CCOc1ccc(N(CC(=O)NN=Cc2ccc(-c3ccc([N+](=O)[O-])cc3)o2)S(=O)(=O)c2ccc(SC)cc2)cc1. The smallest absolute Gasteiger partial charge is 0.269 e. The van der Waals surface area contributed by atoms with Crippen molar-refractivity contribution in [3.05, 3.63) is 101 Å². The topological polar surface area (TPSA) is 144 Å². The predicted octanol–water partition coefficient (Wildman–Crippen LogP) is 5.32. The number of non-ortho nitro benzene ring substituents is 1. The Hall–Kier alpha value is -4.62. The Balaban J connectivity index is 1.49. The summed E-state index contributed by atoms with van der Waals surface area (Å²) in [4.78, 5) is 24.1. The van der Waals surface area contributed by atoms with Crippen LogP contribution in [0.2, 0.25) is 0 Å². The molecule has 4 rings (SSSR count). The van der Waals surface area contributed by atoms with Gasteiger partial charge in [-0.1, -0.05) is 0 Å². The second kappa shape index (κ2) is 13.2. The van der Waals surface area contributed by atoms with Gasteiger partial charge in [-0.25, -0.2) is 13.8 Å². The van der Waals surface area contributed by atoms with Crippen molar-refractivity contribution in [1.29, 1.82) is 0 Å². The van der Waals surface area contributed by atoms with Crippen LogP contribution >= 0.6 is 11.8 Å². The van der Waals surface area contributed by atoms with Gasteiger partial charge in [0.2, 0.25) is 0 Å². The standard InChI is InChI=1S/C28H26N4O7S2/c1-3-38-23-10-8-21(9-11-23)31(41(36,37)26-15-13-25(40-2)14-16-26)19-28(33)30-29-18-24-12-17-27(39-24)20-4-6-22(7-5-20)32(34)35/h4-18H,3,19H2,1-2H3,(H,30,33). The molecule has 1 amide bonds. The minimum absolute atomic E-state index is 0.0369. The largest absolute Gasteiger partial charge is 0.494 e. The van der Waals surface area contributed by atoms with Crippen molar-refractivity contribution in [2.45, 2.75) is 16.7 Å². The van der Waals surface area contributed by atoms with Gasteiger partial charge < -0.3 is 9.15 Å². The lowest BCUT2D eigenvalue weighted by molar-refractivity contribution is -0.384. The van der Waals surface area contributed by atoms with Crippen LogP contribution in [0, 0.1) is 10.1 Å². The number of carbonyl (C=O) groups excluding carboxylic acids is 1. The first-order valence-corrected chi connectivity index (χ1v) is 14.9. The number of nitrogens with zero attached hydrogens (tertiary/aromatic N) is 3. The first-order valence-electron chi connectivity index (χ1n) is 12.3. The molecular weight excluding hydrogens is 568 g/mol. The molecule has 41 heavy (non-hydrogen) atoms. The maximum Gasteiger partial charge on any atom is 0.269 e. The van der Waals surface area contributed by atoms with Crippen molar-refractivity contribution < 1.29 is 27.3 Å². The molecular formula is C28H26N4O7S2. The summed E-state index contributed by atoms with van der Waals surface area (Å²) in [5.74, 6) is 0.650. The van der Waals surface area contributed by atoms with Crippen LogP contribution in [0.1, 0.15) is 12.7 Å². The molecule has 0 atom stereocenters. The number of thioether (sulfide) groups is 1. The molecule has 0 aliphatic rings. The fourth-order valence-electron chi connectivity index (χ4n) is 3.72. The number of hydrazone groups is 1. The summed E-state index contributed by atoms with van der Waals surface area (Å²) in [6.45, 7) is 1.76. The summed E-state index contributed by atoms with van der Waals surface area (Å²) in [5, 5.41) is 14.7. The fraction of sp³-hybridized carbons (Fsp3) is 0.143. The highest BCUT2D eigenvalue weighted by Gasteiger charge is 2.27. The number of hydrogen-bond acceptors (Lipinski definition) is 9. The molecule has 0 aliphatic heterocycles. The van der Waals surface area contributed by atoms with Crippen LogP contribution in [0.4, 0.5) is 11.4 Å². The minimum atomic E-state index is -4.10. The Kier molecular flexibility index (Phi) is 9.42. The third-order valence-electron chi connectivity index (χ3n) is 5.74. The van der Waals surface area contributed by atoms with Gasteiger partial charge in [0, 0.05) is 22.6 Å². The van der Waals surface area contributed by atoms with E-state index >= 15 is 0 Å². The van der Waals surface area contributed by atoms with Crippen molar-refractivity contribution in [2.75, 3.05) is 23.7 Å². The third-order valence-corrected chi connectivity index (χ3v) is 8.27. The van der Waals surface area contributed by atoms with Crippen LogP contribution < -0.4 is 14.5 Å². The maximum absolute atomic E-state index is 13.6. The number of hydrogen-bond donors (Lipinski definition) is 1. The lowest BCUT2D eigenvalue weighted by Gasteiger charge is -2.24. The van der Waals surface area contributed by atoms with E-state index in [1.165, 1.54) is 42.2 Å². The molecule has 4 aromatic rings. The lowest BCUT2D eigenvalue weighted by Crippen LogP contribution is -2.39. The van der Waals surface area contributed by atoms with Crippen LogP contribution in [-0.2, 0) is 14.8 Å². The van der Waals surface area contributed by atoms with Crippen molar-refractivity contribution >= 4 is 45.3 Å². The molecule has 0 saturated heterocycles. The van der Waals surface area contributed by atoms with E-state index in [0.717, 1.165) is 9.20 Å². The number of nitro benzene ring substituents is 1. The molecule has 0 aliphatic carbocycles. The number of furan rings is 1. The van der Waals surface area contributed by atoms with Crippen LogP contribution in [0.5, 0.6) is 5.75 Å². The average molecular weight is 595 g/mol. The molecule has 3 aromatic carbocycles. The Morgan fingerprint density at radius 3 is 2.34 bits per heavy atom. The zero-order chi connectivity index (χ0) is 29.4. The lowest BCUT2D eigenvalue weighted by atomic mass is 10.1. The predicted molar refractivity (Wildman–Crippen MR) is 157 cm³/mol. The normalized spacial score (nSPS) is 11.4. The van der Waals surface area contributed by atoms with Gasteiger partial charge in [-0.05, 0) is 86.0 Å². The van der Waals surface area contributed by atoms with Gasteiger partial charge in [0.05, 0.1) is 28.3 Å². The van der Waals surface area contributed by atoms with Gasteiger partial charge in [-0.3, -0.25) is 19.2 Å². The van der Waals surface area contributed by atoms with E-state index in [1.54, 1.807) is 60.7 Å². The summed E-state index contributed by atoms with van der Waals surface area (Å²) < 4.78 is 39.3. The zero-order valence-corrected chi connectivity index (χ0v) is 23.7. The van der Waals surface area contributed by atoms with Gasteiger partial charge in [0.25, 0.3) is 21.6 Å². The average Bonchev–Trinajstić information content (AvgIpc) is 3.45. The van der Waals surface area contributed by atoms with Crippen molar-refractivity contribution in [1.82, 2.24) is 5.43 Å². The number of rotatable bonds is 12. The third kappa shape index (κ3) is 7.32. The second-order valence-electron chi connectivity index (χ2n) is 8.41. The second-order valence-corrected chi connectivity index (χ2v) is 11.2. The number of anilines is 1. The van der Waals surface area contributed by atoms with Crippen LogP contribution in [0.15, 0.2) is 104 Å². The number of nitro groups is 1. The van der Waals surface area contributed by atoms with E-state index in [4.69, 9.17) is 9.15 Å². The molecule has 1 heterocycles. The number of carbonyl (C=O) groups is 1. The fourth-order valence-corrected chi connectivity index (χ4v) is 5.55. The van der Waals surface area contributed by atoms with Crippen LogP contribution in [0.3, 0.4) is 0 Å². The molecule has 1 aromatic heterocycles. The Morgan fingerprint density at radius 2 is 1.73 bits per heavy atom. The van der Waals surface area contributed by atoms with Crippen LogP contribution in [-0.4, -0.2) is 44.9 Å². The Labute approximate surface area is 241 Å². The van der Waals surface area contributed by atoms with Crippen molar-refractivity contribution in [3.8, 4) is 17.1 Å². The van der Waals surface area contributed by atoms with Gasteiger partial charge in [-0.15, -0.1) is 11.8 Å². The minimum Gasteiger partial charge on any atom is -0.494 e. The summed E-state index contributed by atoms with van der Waals surface area (Å²) >= 11 is 1.48. The summed E-state index contributed by atoms with van der Waals surface area (Å²) in [6.07, 6.45) is 3.16. The molecule has 0 fully saturated rings. The molecule has 0 unspecified atom stereocenters. The van der Waals surface area contributed by atoms with Gasteiger partial charge >= 0.3 is 0 Å². The summed E-state index contributed by atoms with van der Waals surface area (Å²) in [6, 6.07) is 21.9. The molecule has 0 saturated carbocycles. The molecule has 212 valence electrons. The van der Waals surface area contributed by atoms with Crippen molar-refractivity contribution in [2.24, 2.45) is 5.10 Å². The molecule has 0 bridgehead atoms. The summed E-state index contributed by atoms with van der Waals surface area (Å²) in [5.41, 5.74) is 3.20. The monoisotopic (exact) mass is 594 g/mol. The first-order chi connectivity index (χ1) is 19.7. The number of sulfonamides is 1. The first kappa shape index (κ1) is 29.4. The molecule has 13 heteroatoms. The number of nitrogens with one attached hydrogen (secondary N) is 1. The van der Waals surface area contributed by atoms with Gasteiger partial charge in [0.1, 0.15) is 23.8 Å². The van der Waals surface area contributed by atoms with E-state index in [9.17, 15) is 23.3 Å². The molecule has 0 spiro atoms. The molecule has 0 radical (unpaired) electrons. The molecule has 1 N–H and O–H groups in total. The van der Waals surface area contributed by atoms with Crippen molar-refractivity contribution in [3.63, 3.8) is 0 Å². The Bertz CT molecular complexity index is 1630. The van der Waals surface area contributed by atoms with Gasteiger partial charge in [-0.2, -0.15) is 5.10 Å². The van der Waals surface area contributed by atoms with E-state index < -0.39 is 27.4 Å².